The molecule has 0 radical (unpaired) electrons. The first kappa shape index (κ1) is 19.6. The van der Waals surface area contributed by atoms with Crippen LogP contribution in [0.5, 0.6) is 0 Å². The molecule has 4 nitrogen and oxygen atoms in total. The van der Waals surface area contributed by atoms with Gasteiger partial charge in [-0.15, -0.1) is 36.2 Å². The Kier molecular flexibility index (Phi) is 9.38. The molecule has 2 unspecified atom stereocenters. The Morgan fingerprint density at radius 2 is 2.15 bits per heavy atom. The standard InChI is InChI=1S/C13H21N3OS.2ClH/c1-9-15-7-11(18-9)8-16-13(17)6-10-4-2-3-5-12(10)14;;/h7,10,12H,2-6,8,14H2,1H3,(H,16,17);2*1H. The molecule has 0 aliphatic heterocycles. The fraction of sp³-hybridized carbons (Fsp3) is 0.692. The molecule has 3 N–H and O–H groups in total. The molecule has 2 rings (SSSR count). The van der Waals surface area contributed by atoms with E-state index in [0.29, 0.717) is 18.9 Å². The summed E-state index contributed by atoms with van der Waals surface area (Å²) in [5, 5.41) is 3.99. The molecule has 7 heteroatoms. The van der Waals surface area contributed by atoms with Crippen molar-refractivity contribution in [3.8, 4) is 0 Å². The minimum absolute atomic E-state index is 0. The topological polar surface area (TPSA) is 68.0 Å². The predicted molar refractivity (Wildman–Crippen MR) is 87.7 cm³/mol. The van der Waals surface area contributed by atoms with Crippen LogP contribution in [0.2, 0.25) is 0 Å². The van der Waals surface area contributed by atoms with Crippen molar-refractivity contribution in [3.63, 3.8) is 0 Å². The highest BCUT2D eigenvalue weighted by molar-refractivity contribution is 7.11. The Labute approximate surface area is 136 Å². The lowest BCUT2D eigenvalue weighted by Gasteiger charge is -2.27. The first-order valence-electron chi connectivity index (χ1n) is 6.58. The van der Waals surface area contributed by atoms with Gasteiger partial charge in [-0.3, -0.25) is 4.79 Å². The zero-order chi connectivity index (χ0) is 13.0. The van der Waals surface area contributed by atoms with Gasteiger partial charge >= 0.3 is 0 Å². The number of hydrogen-bond acceptors (Lipinski definition) is 4. The molecule has 1 saturated carbocycles. The van der Waals surface area contributed by atoms with Crippen LogP contribution in [0, 0.1) is 12.8 Å². The normalized spacial score (nSPS) is 21.5. The average molecular weight is 340 g/mol. The lowest BCUT2D eigenvalue weighted by molar-refractivity contribution is -0.122. The largest absolute Gasteiger partial charge is 0.351 e. The second-order valence-electron chi connectivity index (χ2n) is 5.03. The van der Waals surface area contributed by atoms with Gasteiger partial charge in [0.2, 0.25) is 5.91 Å². The molecule has 0 aromatic carbocycles. The molecule has 0 saturated heterocycles. The van der Waals surface area contributed by atoms with Gasteiger partial charge in [-0.2, -0.15) is 0 Å². The summed E-state index contributed by atoms with van der Waals surface area (Å²) < 4.78 is 0. The van der Waals surface area contributed by atoms with Crippen molar-refractivity contribution in [2.75, 3.05) is 0 Å². The van der Waals surface area contributed by atoms with Gasteiger partial charge in [0.25, 0.3) is 0 Å². The fourth-order valence-electron chi connectivity index (χ4n) is 2.47. The second kappa shape index (κ2) is 9.55. The highest BCUT2D eigenvalue weighted by Gasteiger charge is 2.23. The molecular weight excluding hydrogens is 317 g/mol. The number of rotatable bonds is 4. The molecule has 1 fully saturated rings. The maximum Gasteiger partial charge on any atom is 0.220 e. The molecule has 1 heterocycles. The van der Waals surface area contributed by atoms with Crippen molar-refractivity contribution >= 4 is 42.1 Å². The molecule has 2 atom stereocenters. The van der Waals surface area contributed by atoms with Gasteiger partial charge in [0.15, 0.2) is 0 Å². The molecule has 0 spiro atoms. The van der Waals surface area contributed by atoms with Crippen molar-refractivity contribution < 1.29 is 4.79 Å². The molecule has 1 aliphatic carbocycles. The van der Waals surface area contributed by atoms with Crippen LogP contribution in [0.4, 0.5) is 0 Å². The average Bonchev–Trinajstić information content (AvgIpc) is 2.76. The summed E-state index contributed by atoms with van der Waals surface area (Å²) in [7, 11) is 0. The van der Waals surface area contributed by atoms with E-state index in [0.717, 1.165) is 22.7 Å². The Hall–Kier alpha value is -0.360. The Morgan fingerprint density at radius 1 is 1.45 bits per heavy atom. The van der Waals surface area contributed by atoms with Crippen LogP contribution in [-0.4, -0.2) is 16.9 Å². The van der Waals surface area contributed by atoms with Gasteiger partial charge in [0.1, 0.15) is 0 Å². The van der Waals surface area contributed by atoms with Crippen molar-refractivity contribution in [2.45, 2.75) is 51.6 Å². The van der Waals surface area contributed by atoms with Crippen LogP contribution in [0.3, 0.4) is 0 Å². The number of hydrogen-bond donors (Lipinski definition) is 2. The van der Waals surface area contributed by atoms with Crippen LogP contribution in [0.15, 0.2) is 6.20 Å². The highest BCUT2D eigenvalue weighted by Crippen LogP contribution is 2.25. The van der Waals surface area contributed by atoms with Crippen molar-refractivity contribution in [2.24, 2.45) is 11.7 Å². The molecule has 1 aliphatic rings. The van der Waals surface area contributed by atoms with E-state index in [1.54, 1.807) is 11.3 Å². The maximum absolute atomic E-state index is 11.9. The Bertz CT molecular complexity index is 414. The third kappa shape index (κ3) is 5.95. The van der Waals surface area contributed by atoms with Crippen molar-refractivity contribution in [1.29, 1.82) is 0 Å². The molecule has 20 heavy (non-hydrogen) atoms. The summed E-state index contributed by atoms with van der Waals surface area (Å²) >= 11 is 1.63. The number of amides is 1. The van der Waals surface area contributed by atoms with Gasteiger partial charge in [-0.1, -0.05) is 12.8 Å². The van der Waals surface area contributed by atoms with E-state index in [4.69, 9.17) is 5.73 Å². The van der Waals surface area contributed by atoms with Crippen LogP contribution in [-0.2, 0) is 11.3 Å². The van der Waals surface area contributed by atoms with Crippen LogP contribution in [0.1, 0.15) is 42.0 Å². The van der Waals surface area contributed by atoms with E-state index in [9.17, 15) is 4.79 Å². The zero-order valence-electron chi connectivity index (χ0n) is 11.6. The molecule has 1 amide bonds. The van der Waals surface area contributed by atoms with Crippen LogP contribution >= 0.6 is 36.2 Å². The van der Waals surface area contributed by atoms with Crippen LogP contribution in [0.25, 0.3) is 0 Å². The summed E-state index contributed by atoms with van der Waals surface area (Å²) in [6, 6.07) is 0.204. The Morgan fingerprint density at radius 3 is 2.75 bits per heavy atom. The summed E-state index contributed by atoms with van der Waals surface area (Å²) in [6.07, 6.45) is 6.96. The van der Waals surface area contributed by atoms with Crippen molar-refractivity contribution in [1.82, 2.24) is 10.3 Å². The number of thiazole rings is 1. The quantitative estimate of drug-likeness (QED) is 0.886. The molecule has 116 valence electrons. The smallest absolute Gasteiger partial charge is 0.220 e. The molecule has 1 aromatic rings. The summed E-state index contributed by atoms with van der Waals surface area (Å²) in [4.78, 5) is 17.1. The van der Waals surface area contributed by atoms with E-state index in [2.05, 4.69) is 10.3 Å². The lowest BCUT2D eigenvalue weighted by atomic mass is 9.83. The van der Waals surface area contributed by atoms with E-state index in [1.165, 1.54) is 12.8 Å². The lowest BCUT2D eigenvalue weighted by Crippen LogP contribution is -2.36. The van der Waals surface area contributed by atoms with Gasteiger partial charge in [-0.25, -0.2) is 4.98 Å². The number of aromatic nitrogens is 1. The third-order valence-electron chi connectivity index (χ3n) is 3.54. The van der Waals surface area contributed by atoms with Gasteiger partial charge in [0, 0.05) is 23.5 Å². The van der Waals surface area contributed by atoms with E-state index in [1.807, 2.05) is 13.1 Å². The summed E-state index contributed by atoms with van der Waals surface area (Å²) in [6.45, 7) is 2.56. The monoisotopic (exact) mass is 339 g/mol. The summed E-state index contributed by atoms with van der Waals surface area (Å²) in [5.74, 6) is 0.477. The summed E-state index contributed by atoms with van der Waals surface area (Å²) in [5.41, 5.74) is 6.05. The van der Waals surface area contributed by atoms with Crippen LogP contribution < -0.4 is 11.1 Å². The predicted octanol–water partition coefficient (Wildman–Crippen LogP) is 2.82. The van der Waals surface area contributed by atoms with Crippen molar-refractivity contribution in [3.05, 3.63) is 16.1 Å². The molecule has 1 aromatic heterocycles. The zero-order valence-corrected chi connectivity index (χ0v) is 14.1. The minimum Gasteiger partial charge on any atom is -0.351 e. The van der Waals surface area contributed by atoms with Gasteiger partial charge < -0.3 is 11.1 Å². The van der Waals surface area contributed by atoms with E-state index >= 15 is 0 Å². The van der Waals surface area contributed by atoms with Gasteiger partial charge in [0.05, 0.1) is 11.6 Å². The van der Waals surface area contributed by atoms with E-state index in [-0.39, 0.29) is 36.8 Å². The number of nitrogens with two attached hydrogens (primary N) is 1. The number of nitrogens with zero attached hydrogens (tertiary/aromatic N) is 1. The third-order valence-corrected chi connectivity index (χ3v) is 4.46. The minimum atomic E-state index is 0. The number of nitrogens with one attached hydrogen (secondary N) is 1. The fourth-order valence-corrected chi connectivity index (χ4v) is 3.21. The first-order valence-corrected chi connectivity index (χ1v) is 7.40. The number of carbonyl (C=O) groups excluding carboxylic acids is 1. The van der Waals surface area contributed by atoms with E-state index < -0.39 is 0 Å². The Balaban J connectivity index is 0.00000180. The number of carbonyl (C=O) groups is 1. The number of halogens is 2. The molecule has 0 bridgehead atoms. The molecular formula is C13H23Cl2N3OS. The van der Waals surface area contributed by atoms with Gasteiger partial charge in [-0.05, 0) is 25.7 Å². The SMILES string of the molecule is Cc1ncc(CNC(=O)CC2CCCCC2N)s1.Cl.Cl. The number of aryl methyl sites for hydroxylation is 1. The highest BCUT2D eigenvalue weighted by atomic mass is 35.5. The maximum atomic E-state index is 11.9. The first-order chi connectivity index (χ1) is 8.65. The second-order valence-corrected chi connectivity index (χ2v) is 6.35.